The van der Waals surface area contributed by atoms with Crippen molar-refractivity contribution in [2.24, 2.45) is 38.3 Å². The first-order valence-electron chi connectivity index (χ1n) is 14.1. The molecule has 1 aliphatic heterocycles. The number of aryl methyl sites for hydroxylation is 1. The van der Waals surface area contributed by atoms with Gasteiger partial charge < -0.3 is 26.6 Å². The number of hydrogen-bond donors (Lipinski definition) is 3. The summed E-state index contributed by atoms with van der Waals surface area (Å²) in [5.74, 6) is 0.894. The third-order valence-electron chi connectivity index (χ3n) is 7.42. The molecule has 0 radical (unpaired) electrons. The van der Waals surface area contributed by atoms with Crippen LogP contribution in [0.1, 0.15) is 78.2 Å². The van der Waals surface area contributed by atoms with Crippen LogP contribution in [0.25, 0.3) is 0 Å². The Morgan fingerprint density at radius 2 is 1.85 bits per heavy atom. The summed E-state index contributed by atoms with van der Waals surface area (Å²) in [4.78, 5) is 28.5. The van der Waals surface area contributed by atoms with Crippen LogP contribution in [0.2, 0.25) is 5.02 Å². The molecule has 1 saturated heterocycles. The fraction of sp³-hybridized carbons (Fsp3) is 0.667. The molecular weight excluding hydrogens is 512 g/mol. The van der Waals surface area contributed by atoms with Crippen molar-refractivity contribution in [3.8, 4) is 0 Å². The average molecular weight is 565 g/mol. The van der Waals surface area contributed by atoms with Gasteiger partial charge in [-0.15, -0.1) is 0 Å². The number of nitrogens with zero attached hydrogens (tertiary/aromatic N) is 3. The topological polar surface area (TPSA) is 126 Å². The van der Waals surface area contributed by atoms with E-state index in [4.69, 9.17) is 17.3 Å². The lowest BCUT2D eigenvalue weighted by Crippen LogP contribution is -2.50. The molecule has 0 bridgehead atoms. The van der Waals surface area contributed by atoms with Gasteiger partial charge in [0, 0.05) is 43.0 Å². The number of aldehydes is 1. The van der Waals surface area contributed by atoms with Crippen LogP contribution in [0.4, 0.5) is 0 Å². The predicted octanol–water partition coefficient (Wildman–Crippen LogP) is 5.08. The van der Waals surface area contributed by atoms with Gasteiger partial charge in [-0.1, -0.05) is 70.7 Å². The van der Waals surface area contributed by atoms with E-state index in [1.165, 1.54) is 32.6 Å². The SMILES string of the molecule is C=N/C=N\NCC1(C(CC)CCCC)CCN(C(=O)CCc2ccc(Cl)cc2)CC1.CC(C)(C=O)CN.CN. The maximum Gasteiger partial charge on any atom is 0.222 e. The largest absolute Gasteiger partial charge is 0.343 e. The van der Waals surface area contributed by atoms with E-state index in [0.29, 0.717) is 18.9 Å². The van der Waals surface area contributed by atoms with Crippen LogP contribution in [0.3, 0.4) is 0 Å². The molecule has 0 aromatic heterocycles. The summed E-state index contributed by atoms with van der Waals surface area (Å²) >= 11 is 5.95. The van der Waals surface area contributed by atoms with Crippen LogP contribution < -0.4 is 16.9 Å². The highest BCUT2D eigenvalue weighted by molar-refractivity contribution is 6.30. The summed E-state index contributed by atoms with van der Waals surface area (Å²) in [7, 11) is 1.50. The Hall–Kier alpha value is -2.29. The number of aliphatic imine (C=N–C) groups is 1. The number of piperidine rings is 1. The number of likely N-dealkylation sites (tertiary alicyclic amines) is 1. The van der Waals surface area contributed by atoms with Gasteiger partial charge in [0.2, 0.25) is 5.91 Å². The van der Waals surface area contributed by atoms with Crippen LogP contribution in [0.15, 0.2) is 34.4 Å². The molecule has 1 heterocycles. The number of nitrogens with two attached hydrogens (primary N) is 2. The number of carbonyl (C=O) groups is 2. The zero-order valence-electron chi connectivity index (χ0n) is 24.9. The first-order chi connectivity index (χ1) is 18.7. The maximum absolute atomic E-state index is 12.8. The number of hydrogen-bond acceptors (Lipinski definition) is 6. The lowest BCUT2D eigenvalue weighted by Gasteiger charge is -2.46. The van der Waals surface area contributed by atoms with E-state index < -0.39 is 0 Å². The highest BCUT2D eigenvalue weighted by Crippen LogP contribution is 2.43. The van der Waals surface area contributed by atoms with Crippen molar-refractivity contribution in [3.05, 3.63) is 34.9 Å². The number of benzene rings is 1. The number of hydrazone groups is 1. The summed E-state index contributed by atoms with van der Waals surface area (Å²) in [5.41, 5.74) is 13.9. The molecule has 9 heteroatoms. The zero-order chi connectivity index (χ0) is 29.7. The van der Waals surface area contributed by atoms with Gasteiger partial charge >= 0.3 is 0 Å². The summed E-state index contributed by atoms with van der Waals surface area (Å²) in [6.45, 7) is 14.5. The second kappa shape index (κ2) is 20.6. The highest BCUT2D eigenvalue weighted by atomic mass is 35.5. The number of halogens is 1. The lowest BCUT2D eigenvalue weighted by atomic mass is 9.66. The van der Waals surface area contributed by atoms with Crippen molar-refractivity contribution < 1.29 is 9.59 Å². The fourth-order valence-electron chi connectivity index (χ4n) is 4.72. The Morgan fingerprint density at radius 3 is 2.31 bits per heavy atom. The van der Waals surface area contributed by atoms with Crippen molar-refractivity contribution in [3.63, 3.8) is 0 Å². The average Bonchev–Trinajstić information content (AvgIpc) is 2.97. The van der Waals surface area contributed by atoms with Gasteiger partial charge in [0.15, 0.2) is 0 Å². The molecule has 1 aromatic rings. The normalized spacial score (nSPS) is 15.3. The Bertz CT molecular complexity index is 836. The van der Waals surface area contributed by atoms with Crippen molar-refractivity contribution in [1.29, 1.82) is 0 Å². The summed E-state index contributed by atoms with van der Waals surface area (Å²) in [5, 5.41) is 4.88. The number of rotatable bonds is 14. The third-order valence-corrected chi connectivity index (χ3v) is 7.68. The van der Waals surface area contributed by atoms with Crippen molar-refractivity contribution in [2.45, 2.75) is 79.1 Å². The molecule has 0 spiro atoms. The molecule has 1 aliphatic rings. The van der Waals surface area contributed by atoms with Gasteiger partial charge in [0.25, 0.3) is 0 Å². The van der Waals surface area contributed by atoms with E-state index in [1.54, 1.807) is 13.8 Å². The zero-order valence-corrected chi connectivity index (χ0v) is 25.7. The van der Waals surface area contributed by atoms with Gasteiger partial charge in [-0.2, -0.15) is 5.10 Å². The molecule has 1 unspecified atom stereocenters. The molecule has 1 fully saturated rings. The summed E-state index contributed by atoms with van der Waals surface area (Å²) in [6, 6.07) is 7.77. The number of unbranched alkanes of at least 4 members (excludes halogenated alkanes) is 1. The molecule has 222 valence electrons. The molecule has 1 amide bonds. The van der Waals surface area contributed by atoms with E-state index in [1.807, 2.05) is 24.3 Å². The van der Waals surface area contributed by atoms with Gasteiger partial charge in [-0.05, 0) is 68.5 Å². The van der Waals surface area contributed by atoms with Crippen LogP contribution in [-0.4, -0.2) is 63.4 Å². The highest BCUT2D eigenvalue weighted by Gasteiger charge is 2.41. The molecule has 8 nitrogen and oxygen atoms in total. The fourth-order valence-corrected chi connectivity index (χ4v) is 4.84. The minimum Gasteiger partial charge on any atom is -0.343 e. The van der Waals surface area contributed by atoms with E-state index >= 15 is 0 Å². The van der Waals surface area contributed by atoms with E-state index in [9.17, 15) is 9.59 Å². The Labute approximate surface area is 242 Å². The lowest BCUT2D eigenvalue weighted by molar-refractivity contribution is -0.134. The van der Waals surface area contributed by atoms with E-state index in [0.717, 1.165) is 62.2 Å². The third kappa shape index (κ3) is 14.1. The van der Waals surface area contributed by atoms with Crippen LogP contribution in [0, 0.1) is 16.7 Å². The molecule has 1 atom stereocenters. The second-order valence-corrected chi connectivity index (χ2v) is 11.1. The van der Waals surface area contributed by atoms with Crippen molar-refractivity contribution in [1.82, 2.24) is 10.3 Å². The molecule has 39 heavy (non-hydrogen) atoms. The molecule has 1 aromatic carbocycles. The first-order valence-corrected chi connectivity index (χ1v) is 14.5. The van der Waals surface area contributed by atoms with Crippen LogP contribution >= 0.6 is 11.6 Å². The van der Waals surface area contributed by atoms with E-state index in [2.05, 4.69) is 46.7 Å². The van der Waals surface area contributed by atoms with Gasteiger partial charge in [0.05, 0.1) is 0 Å². The summed E-state index contributed by atoms with van der Waals surface area (Å²) in [6.07, 6.45) is 10.5. The first kappa shape index (κ1) is 36.7. The monoisotopic (exact) mass is 564 g/mol. The number of carbonyl (C=O) groups excluding carboxylic acids is 2. The molecule has 0 aliphatic carbocycles. The van der Waals surface area contributed by atoms with Crippen molar-refractivity contribution in [2.75, 3.05) is 33.2 Å². The molecular formula is C30H53ClN6O2. The minimum absolute atomic E-state index is 0.176. The second-order valence-electron chi connectivity index (χ2n) is 10.7. The summed E-state index contributed by atoms with van der Waals surface area (Å²) < 4.78 is 0. The molecule has 0 saturated carbocycles. The standard InChI is InChI=1S/C24H37ClN4O.C5H11NO.CH5N/c1-4-6-7-21(5-2)24(18-27-28-19-26-3)14-16-29(17-15-24)23(30)13-10-20-8-11-22(25)12-9-20;1-5(2,3-6)4-7;1-2/h8-9,11-12,19,21,27H,3-7,10,13-18H2,1-2H3;4H,3,6H2,1-2H3;2H2,1H3/b28-19-;;. The smallest absolute Gasteiger partial charge is 0.222 e. The molecule has 5 N–H and O–H groups in total. The number of amides is 1. The van der Waals surface area contributed by atoms with Crippen LogP contribution in [-0.2, 0) is 16.0 Å². The Morgan fingerprint density at radius 1 is 1.23 bits per heavy atom. The van der Waals surface area contributed by atoms with Gasteiger partial charge in [0.1, 0.15) is 12.6 Å². The molecule has 2 rings (SSSR count). The van der Waals surface area contributed by atoms with Crippen molar-refractivity contribution >= 4 is 36.9 Å². The van der Waals surface area contributed by atoms with E-state index in [-0.39, 0.29) is 16.7 Å². The van der Waals surface area contributed by atoms with Crippen LogP contribution in [0.5, 0.6) is 0 Å². The minimum atomic E-state index is -0.319. The Kier molecular flexibility index (Phi) is 19.4. The predicted molar refractivity (Wildman–Crippen MR) is 166 cm³/mol. The quantitative estimate of drug-likeness (QED) is 0.126. The Balaban J connectivity index is 0.00000139. The maximum atomic E-state index is 12.8. The number of nitrogens with one attached hydrogen (secondary N) is 1. The van der Waals surface area contributed by atoms with Gasteiger partial charge in [-0.25, -0.2) is 0 Å². The van der Waals surface area contributed by atoms with Gasteiger partial charge in [-0.3, -0.25) is 9.79 Å².